The fourth-order valence-corrected chi connectivity index (χ4v) is 2.10. The summed E-state index contributed by atoms with van der Waals surface area (Å²) in [6.07, 6.45) is 0. The summed E-state index contributed by atoms with van der Waals surface area (Å²) in [4.78, 5) is 0.235. The first-order valence-corrected chi connectivity index (χ1v) is 6.63. The van der Waals surface area contributed by atoms with Crippen LogP contribution in [0.4, 0.5) is 0 Å². The molecule has 0 fully saturated rings. The molecular formula is C14H11NO3S. The average Bonchev–Trinajstić information content (AvgIpc) is 2.45. The third-order valence-corrected chi connectivity index (χ3v) is 3.20. The van der Waals surface area contributed by atoms with E-state index in [0.29, 0.717) is 11.3 Å². The summed E-state index contributed by atoms with van der Waals surface area (Å²) in [6.45, 7) is 0.240. The molecule has 0 heterocycles. The van der Waals surface area contributed by atoms with Gasteiger partial charge in [-0.25, -0.2) is 4.21 Å². The first-order valence-electron chi connectivity index (χ1n) is 5.52. The monoisotopic (exact) mass is 273 g/mol. The van der Waals surface area contributed by atoms with Gasteiger partial charge in [0.1, 0.15) is 17.3 Å². The van der Waals surface area contributed by atoms with Gasteiger partial charge in [0.2, 0.25) is 0 Å². The molecular weight excluding hydrogens is 262 g/mol. The van der Waals surface area contributed by atoms with E-state index in [1.165, 1.54) is 6.07 Å². The Balaban J connectivity index is 2.15. The summed E-state index contributed by atoms with van der Waals surface area (Å²) in [6, 6.07) is 15.7. The van der Waals surface area contributed by atoms with Crippen molar-refractivity contribution >= 4 is 11.1 Å². The largest absolute Gasteiger partial charge is 0.488 e. The van der Waals surface area contributed by atoms with Crippen molar-refractivity contribution in [2.24, 2.45) is 0 Å². The summed E-state index contributed by atoms with van der Waals surface area (Å²) in [5, 5.41) is 8.80. The SMILES string of the molecule is N#Cc1cccc(COc2ccccc2S(=O)O)c1. The average molecular weight is 273 g/mol. The van der Waals surface area contributed by atoms with Gasteiger partial charge in [-0.15, -0.1) is 0 Å². The maximum atomic E-state index is 11.1. The Morgan fingerprint density at radius 3 is 2.74 bits per heavy atom. The van der Waals surface area contributed by atoms with Gasteiger partial charge in [0.25, 0.3) is 0 Å². The molecule has 96 valence electrons. The van der Waals surface area contributed by atoms with Gasteiger partial charge in [-0.3, -0.25) is 0 Å². The number of para-hydroxylation sites is 1. The van der Waals surface area contributed by atoms with E-state index in [1.54, 1.807) is 36.4 Å². The number of hydrogen-bond acceptors (Lipinski definition) is 3. The third-order valence-electron chi connectivity index (χ3n) is 2.49. The Bertz CT molecular complexity index is 649. The van der Waals surface area contributed by atoms with E-state index in [2.05, 4.69) is 6.07 Å². The van der Waals surface area contributed by atoms with Crippen LogP contribution >= 0.6 is 0 Å². The summed E-state index contributed by atoms with van der Waals surface area (Å²) in [5.41, 5.74) is 1.39. The van der Waals surface area contributed by atoms with Gasteiger partial charge >= 0.3 is 0 Å². The highest BCUT2D eigenvalue weighted by Gasteiger charge is 2.08. The van der Waals surface area contributed by atoms with Crippen LogP contribution in [-0.2, 0) is 17.7 Å². The lowest BCUT2D eigenvalue weighted by Crippen LogP contribution is -1.99. The van der Waals surface area contributed by atoms with Crippen LogP contribution in [0, 0.1) is 11.3 Å². The zero-order valence-corrected chi connectivity index (χ0v) is 10.8. The highest BCUT2D eigenvalue weighted by atomic mass is 32.2. The van der Waals surface area contributed by atoms with Crippen LogP contribution in [-0.4, -0.2) is 8.76 Å². The van der Waals surface area contributed by atoms with Crippen molar-refractivity contribution in [2.75, 3.05) is 0 Å². The van der Waals surface area contributed by atoms with E-state index in [1.807, 2.05) is 6.07 Å². The van der Waals surface area contributed by atoms with Gasteiger partial charge in [0.05, 0.1) is 11.6 Å². The minimum absolute atomic E-state index is 0.235. The lowest BCUT2D eigenvalue weighted by atomic mass is 10.1. The van der Waals surface area contributed by atoms with Crippen molar-refractivity contribution in [2.45, 2.75) is 11.5 Å². The van der Waals surface area contributed by atoms with Crippen LogP contribution in [0.2, 0.25) is 0 Å². The predicted octanol–water partition coefficient (Wildman–Crippen LogP) is 2.72. The molecule has 1 unspecified atom stereocenters. The number of nitrogens with zero attached hydrogens (tertiary/aromatic N) is 1. The van der Waals surface area contributed by atoms with Crippen molar-refractivity contribution < 1.29 is 13.5 Å². The molecule has 0 bridgehead atoms. The molecule has 0 saturated heterocycles. The summed E-state index contributed by atoms with van der Waals surface area (Å²) in [5.74, 6) is 0.366. The van der Waals surface area contributed by atoms with Gasteiger partial charge < -0.3 is 9.29 Å². The number of ether oxygens (including phenoxy) is 1. The molecule has 2 aromatic carbocycles. The summed E-state index contributed by atoms with van der Waals surface area (Å²) < 4.78 is 25.8. The Morgan fingerprint density at radius 1 is 1.21 bits per heavy atom. The molecule has 4 nitrogen and oxygen atoms in total. The van der Waals surface area contributed by atoms with E-state index in [-0.39, 0.29) is 11.5 Å². The van der Waals surface area contributed by atoms with Crippen molar-refractivity contribution in [1.82, 2.24) is 0 Å². The molecule has 5 heteroatoms. The second kappa shape index (κ2) is 6.14. The summed E-state index contributed by atoms with van der Waals surface area (Å²) in [7, 11) is 0. The quantitative estimate of drug-likeness (QED) is 0.869. The maximum Gasteiger partial charge on any atom is 0.190 e. The molecule has 2 rings (SSSR count). The molecule has 0 aromatic heterocycles. The van der Waals surface area contributed by atoms with Crippen molar-refractivity contribution in [3.05, 3.63) is 59.7 Å². The van der Waals surface area contributed by atoms with Crippen molar-refractivity contribution in [3.8, 4) is 11.8 Å². The number of rotatable bonds is 4. The molecule has 1 N–H and O–H groups in total. The molecule has 19 heavy (non-hydrogen) atoms. The van der Waals surface area contributed by atoms with Crippen LogP contribution in [0.15, 0.2) is 53.4 Å². The van der Waals surface area contributed by atoms with Crippen LogP contribution in [0.25, 0.3) is 0 Å². The van der Waals surface area contributed by atoms with E-state index < -0.39 is 11.1 Å². The minimum atomic E-state index is -2.08. The normalized spacial score (nSPS) is 11.6. The Morgan fingerprint density at radius 2 is 2.00 bits per heavy atom. The second-order valence-corrected chi connectivity index (χ2v) is 4.73. The first-order chi connectivity index (χ1) is 9.20. The third kappa shape index (κ3) is 3.41. The Kier molecular flexibility index (Phi) is 4.29. The lowest BCUT2D eigenvalue weighted by molar-refractivity contribution is 0.297. The fraction of sp³-hybridized carbons (Fsp3) is 0.0714. The Labute approximate surface area is 113 Å². The smallest absolute Gasteiger partial charge is 0.190 e. The first kappa shape index (κ1) is 13.3. The van der Waals surface area contributed by atoms with Gasteiger partial charge in [0.15, 0.2) is 11.1 Å². The van der Waals surface area contributed by atoms with E-state index in [9.17, 15) is 4.21 Å². The van der Waals surface area contributed by atoms with Crippen molar-refractivity contribution in [3.63, 3.8) is 0 Å². The number of nitriles is 1. The molecule has 0 aliphatic carbocycles. The molecule has 0 amide bonds. The van der Waals surface area contributed by atoms with Gasteiger partial charge in [-0.1, -0.05) is 24.3 Å². The molecule has 2 aromatic rings. The van der Waals surface area contributed by atoms with Gasteiger partial charge in [-0.2, -0.15) is 5.26 Å². The van der Waals surface area contributed by atoms with Crippen molar-refractivity contribution in [1.29, 1.82) is 5.26 Å². The predicted molar refractivity (Wildman–Crippen MR) is 71.0 cm³/mol. The topological polar surface area (TPSA) is 70.3 Å². The minimum Gasteiger partial charge on any atom is -0.488 e. The highest BCUT2D eigenvalue weighted by molar-refractivity contribution is 7.79. The molecule has 0 saturated carbocycles. The van der Waals surface area contributed by atoms with E-state index in [0.717, 1.165) is 5.56 Å². The lowest BCUT2D eigenvalue weighted by Gasteiger charge is -2.09. The van der Waals surface area contributed by atoms with Crippen LogP contribution in [0.3, 0.4) is 0 Å². The summed E-state index contributed by atoms with van der Waals surface area (Å²) >= 11 is -2.08. The zero-order chi connectivity index (χ0) is 13.7. The van der Waals surface area contributed by atoms with Gasteiger partial charge in [-0.05, 0) is 29.8 Å². The zero-order valence-electron chi connectivity index (χ0n) is 9.95. The van der Waals surface area contributed by atoms with E-state index in [4.69, 9.17) is 14.6 Å². The van der Waals surface area contributed by atoms with E-state index >= 15 is 0 Å². The number of hydrogen-bond donors (Lipinski definition) is 1. The number of benzene rings is 2. The fourth-order valence-electron chi connectivity index (χ4n) is 1.61. The van der Waals surface area contributed by atoms with Crippen LogP contribution in [0.5, 0.6) is 5.75 Å². The molecule has 1 atom stereocenters. The molecule has 0 aliphatic heterocycles. The maximum absolute atomic E-state index is 11.1. The van der Waals surface area contributed by atoms with Gasteiger partial charge in [0, 0.05) is 0 Å². The van der Waals surface area contributed by atoms with Crippen LogP contribution in [0.1, 0.15) is 11.1 Å². The Hall–Kier alpha value is -2.16. The molecule has 0 aliphatic rings. The molecule has 0 radical (unpaired) electrons. The molecule has 0 spiro atoms. The second-order valence-electron chi connectivity index (χ2n) is 3.80. The van der Waals surface area contributed by atoms with Crippen LogP contribution < -0.4 is 4.74 Å². The standard InChI is InChI=1S/C14H11NO3S/c15-9-11-4-3-5-12(8-11)10-18-13-6-1-2-7-14(13)19(16)17/h1-8H,10H2,(H,16,17). The highest BCUT2D eigenvalue weighted by Crippen LogP contribution is 2.22.